The van der Waals surface area contributed by atoms with Crippen molar-refractivity contribution in [3.05, 3.63) is 59.1 Å². The van der Waals surface area contributed by atoms with Crippen LogP contribution in [0.2, 0.25) is 5.02 Å². The number of hydrogen-bond acceptors (Lipinski definition) is 3. The Hall–Kier alpha value is -2.11. The van der Waals surface area contributed by atoms with E-state index in [0.29, 0.717) is 16.7 Å². The molecular formula is C16H16ClN3OS. The minimum atomic E-state index is 0.382. The molecule has 2 N–H and O–H groups in total. The van der Waals surface area contributed by atoms with Crippen LogP contribution in [0, 0.1) is 0 Å². The topological polar surface area (TPSA) is 45.6 Å². The van der Waals surface area contributed by atoms with Crippen LogP contribution in [0.4, 0.5) is 5.69 Å². The quantitative estimate of drug-likeness (QED) is 0.492. The Bertz CT molecular complexity index is 676. The average Bonchev–Trinajstić information content (AvgIpc) is 2.49. The molecule has 0 aliphatic carbocycles. The van der Waals surface area contributed by atoms with Crippen molar-refractivity contribution in [3.8, 4) is 5.75 Å². The number of anilines is 1. The van der Waals surface area contributed by atoms with Crippen molar-refractivity contribution in [1.29, 1.82) is 0 Å². The van der Waals surface area contributed by atoms with Crippen LogP contribution in [0.3, 0.4) is 0 Å². The van der Waals surface area contributed by atoms with Gasteiger partial charge in [-0.2, -0.15) is 5.10 Å². The highest BCUT2D eigenvalue weighted by Crippen LogP contribution is 2.16. The van der Waals surface area contributed by atoms with Gasteiger partial charge in [0.15, 0.2) is 5.11 Å². The number of ether oxygens (including phenoxy) is 1. The van der Waals surface area contributed by atoms with Gasteiger partial charge < -0.3 is 10.1 Å². The third kappa shape index (κ3) is 5.02. The molecule has 2 aromatic rings. The third-order valence-corrected chi connectivity index (χ3v) is 3.10. The highest BCUT2D eigenvalue weighted by Gasteiger charge is 2.00. The standard InChI is InChI=1S/C16H16ClN3OS/c1-2-21-15-9-4-3-6-12(15)11-18-20-16(22)19-14-8-5-7-13(17)10-14/h3-11H,2H2,1H3,(H2,19,20,22)/b18-11-. The highest BCUT2D eigenvalue weighted by atomic mass is 35.5. The molecule has 2 rings (SSSR count). The summed E-state index contributed by atoms with van der Waals surface area (Å²) in [6.45, 7) is 2.54. The SMILES string of the molecule is CCOc1ccccc1/C=N\NC(=S)Nc1cccc(Cl)c1. The van der Waals surface area contributed by atoms with Crippen LogP contribution in [0.15, 0.2) is 53.6 Å². The van der Waals surface area contributed by atoms with E-state index in [9.17, 15) is 0 Å². The molecule has 0 aliphatic rings. The largest absolute Gasteiger partial charge is 0.493 e. The molecule has 22 heavy (non-hydrogen) atoms. The molecule has 114 valence electrons. The molecule has 0 amide bonds. The van der Waals surface area contributed by atoms with Crippen LogP contribution in [-0.4, -0.2) is 17.9 Å². The number of para-hydroxylation sites is 1. The van der Waals surface area contributed by atoms with Crippen molar-refractivity contribution < 1.29 is 4.74 Å². The number of hydrogen-bond donors (Lipinski definition) is 2. The van der Waals surface area contributed by atoms with Crippen molar-refractivity contribution in [2.75, 3.05) is 11.9 Å². The third-order valence-electron chi connectivity index (χ3n) is 2.67. The molecule has 0 aliphatic heterocycles. The summed E-state index contributed by atoms with van der Waals surface area (Å²) in [6.07, 6.45) is 1.66. The second-order valence-corrected chi connectivity index (χ2v) is 5.15. The number of thiocarbonyl (C=S) groups is 1. The predicted molar refractivity (Wildman–Crippen MR) is 96.0 cm³/mol. The Morgan fingerprint density at radius 1 is 1.27 bits per heavy atom. The van der Waals surface area contributed by atoms with Gasteiger partial charge in [-0.05, 0) is 49.5 Å². The zero-order valence-electron chi connectivity index (χ0n) is 12.0. The molecule has 6 heteroatoms. The molecule has 0 fully saturated rings. The Kier molecular flexibility index (Phi) is 6.18. The molecule has 0 saturated carbocycles. The first-order valence-corrected chi connectivity index (χ1v) is 7.55. The Balaban J connectivity index is 1.93. The lowest BCUT2D eigenvalue weighted by atomic mass is 10.2. The predicted octanol–water partition coefficient (Wildman–Crippen LogP) is 4.06. The number of nitrogens with one attached hydrogen (secondary N) is 2. The van der Waals surface area contributed by atoms with Gasteiger partial charge in [0.2, 0.25) is 0 Å². The molecule has 0 radical (unpaired) electrons. The van der Waals surface area contributed by atoms with E-state index in [4.69, 9.17) is 28.6 Å². The van der Waals surface area contributed by atoms with E-state index in [-0.39, 0.29) is 0 Å². The van der Waals surface area contributed by atoms with E-state index in [1.54, 1.807) is 18.3 Å². The molecule has 0 heterocycles. The van der Waals surface area contributed by atoms with Crippen LogP contribution in [0.1, 0.15) is 12.5 Å². The monoisotopic (exact) mass is 333 g/mol. The summed E-state index contributed by atoms with van der Waals surface area (Å²) in [4.78, 5) is 0. The molecular weight excluding hydrogens is 318 g/mol. The van der Waals surface area contributed by atoms with E-state index >= 15 is 0 Å². The zero-order valence-corrected chi connectivity index (χ0v) is 13.6. The van der Waals surface area contributed by atoms with Gasteiger partial charge in [-0.3, -0.25) is 5.43 Å². The molecule has 0 bridgehead atoms. The van der Waals surface area contributed by atoms with Crippen LogP contribution in [-0.2, 0) is 0 Å². The first-order valence-electron chi connectivity index (χ1n) is 6.76. The molecule has 4 nitrogen and oxygen atoms in total. The van der Waals surface area contributed by atoms with E-state index < -0.39 is 0 Å². The van der Waals surface area contributed by atoms with E-state index in [1.165, 1.54) is 0 Å². The second kappa shape index (κ2) is 8.36. The first-order chi connectivity index (χ1) is 10.7. The lowest BCUT2D eigenvalue weighted by molar-refractivity contribution is 0.340. The average molecular weight is 334 g/mol. The van der Waals surface area contributed by atoms with Gasteiger partial charge in [0.05, 0.1) is 12.8 Å². The van der Waals surface area contributed by atoms with Gasteiger partial charge in [0.25, 0.3) is 0 Å². The summed E-state index contributed by atoms with van der Waals surface area (Å²) in [7, 11) is 0. The summed E-state index contributed by atoms with van der Waals surface area (Å²) >= 11 is 11.1. The second-order valence-electron chi connectivity index (χ2n) is 4.31. The van der Waals surface area contributed by atoms with Crippen molar-refractivity contribution in [1.82, 2.24) is 5.43 Å². The van der Waals surface area contributed by atoms with Crippen LogP contribution in [0.25, 0.3) is 0 Å². The molecule has 0 aromatic heterocycles. The van der Waals surface area contributed by atoms with Crippen LogP contribution in [0.5, 0.6) is 5.75 Å². The summed E-state index contributed by atoms with van der Waals surface area (Å²) < 4.78 is 5.52. The van der Waals surface area contributed by atoms with Crippen molar-refractivity contribution in [3.63, 3.8) is 0 Å². The first kappa shape index (κ1) is 16.3. The van der Waals surface area contributed by atoms with E-state index in [2.05, 4.69) is 15.8 Å². The molecule has 2 aromatic carbocycles. The van der Waals surface area contributed by atoms with E-state index in [1.807, 2.05) is 43.3 Å². The Morgan fingerprint density at radius 3 is 2.86 bits per heavy atom. The fourth-order valence-corrected chi connectivity index (χ4v) is 2.12. The number of nitrogens with zero attached hydrogens (tertiary/aromatic N) is 1. The van der Waals surface area contributed by atoms with Crippen LogP contribution >= 0.6 is 23.8 Å². The maximum atomic E-state index is 5.91. The van der Waals surface area contributed by atoms with E-state index in [0.717, 1.165) is 17.0 Å². The summed E-state index contributed by atoms with van der Waals surface area (Å²) in [5.41, 5.74) is 4.44. The number of halogens is 1. The Morgan fingerprint density at radius 2 is 2.09 bits per heavy atom. The smallest absolute Gasteiger partial charge is 0.191 e. The maximum absolute atomic E-state index is 5.91. The summed E-state index contributed by atoms with van der Waals surface area (Å²) in [6, 6.07) is 14.9. The van der Waals surface area contributed by atoms with Crippen LogP contribution < -0.4 is 15.5 Å². The number of hydrazone groups is 1. The molecule has 0 saturated heterocycles. The normalized spacial score (nSPS) is 10.5. The minimum absolute atomic E-state index is 0.382. The maximum Gasteiger partial charge on any atom is 0.191 e. The molecule has 0 spiro atoms. The van der Waals surface area contributed by atoms with Gasteiger partial charge in [0, 0.05) is 16.3 Å². The highest BCUT2D eigenvalue weighted by molar-refractivity contribution is 7.80. The summed E-state index contributed by atoms with van der Waals surface area (Å²) in [5, 5.41) is 8.13. The Labute approximate surface area is 140 Å². The minimum Gasteiger partial charge on any atom is -0.493 e. The summed E-state index contributed by atoms with van der Waals surface area (Å²) in [5.74, 6) is 0.782. The lowest BCUT2D eigenvalue weighted by Crippen LogP contribution is -2.23. The number of benzene rings is 2. The lowest BCUT2D eigenvalue weighted by Gasteiger charge is -2.08. The number of rotatable bonds is 5. The van der Waals surface area contributed by atoms with Crippen molar-refractivity contribution in [2.45, 2.75) is 6.92 Å². The zero-order chi connectivity index (χ0) is 15.8. The van der Waals surface area contributed by atoms with Gasteiger partial charge in [-0.15, -0.1) is 0 Å². The van der Waals surface area contributed by atoms with Gasteiger partial charge >= 0.3 is 0 Å². The molecule has 0 unspecified atom stereocenters. The van der Waals surface area contributed by atoms with Crippen molar-refractivity contribution in [2.24, 2.45) is 5.10 Å². The van der Waals surface area contributed by atoms with Gasteiger partial charge in [0.1, 0.15) is 5.75 Å². The van der Waals surface area contributed by atoms with Gasteiger partial charge in [-0.1, -0.05) is 29.8 Å². The molecule has 0 atom stereocenters. The fraction of sp³-hybridized carbons (Fsp3) is 0.125. The fourth-order valence-electron chi connectivity index (χ4n) is 1.76. The van der Waals surface area contributed by atoms with Crippen molar-refractivity contribution >= 4 is 40.8 Å². The van der Waals surface area contributed by atoms with Gasteiger partial charge in [-0.25, -0.2) is 0 Å².